The Hall–Kier alpha value is -3.86. The second kappa shape index (κ2) is 13.1. The molecule has 3 rings (SSSR count). The van der Waals surface area contributed by atoms with E-state index in [9.17, 15) is 4.79 Å². The molecule has 1 aromatic heterocycles. The number of amides is 1. The topological polar surface area (TPSA) is 60.5 Å². The fraction of sp³-hybridized carbons (Fsp3) is 0.267. The van der Waals surface area contributed by atoms with E-state index in [4.69, 9.17) is 9.47 Å². The van der Waals surface area contributed by atoms with Crippen molar-refractivity contribution in [2.24, 2.45) is 0 Å². The number of aryl methyl sites for hydroxylation is 2. The van der Waals surface area contributed by atoms with Gasteiger partial charge in [-0.1, -0.05) is 36.4 Å². The van der Waals surface area contributed by atoms with Crippen molar-refractivity contribution in [1.82, 2.24) is 10.3 Å². The molecule has 5 nitrogen and oxygen atoms in total. The average molecular weight is 471 g/mol. The first-order chi connectivity index (χ1) is 17.0. The summed E-state index contributed by atoms with van der Waals surface area (Å²) in [7, 11) is 3.30. The molecule has 0 spiro atoms. The molecule has 2 aromatic carbocycles. The number of aromatic nitrogens is 1. The zero-order valence-electron chi connectivity index (χ0n) is 21.0. The SMILES string of the molecule is COc1ccc(C(=CC=CC(=O)N[C@H](C)CCCc2cnccc2C)c2ccc(OC)cc2)cc1. The summed E-state index contributed by atoms with van der Waals surface area (Å²) in [6.07, 6.45) is 11.9. The Labute approximate surface area is 208 Å². The van der Waals surface area contributed by atoms with E-state index in [-0.39, 0.29) is 11.9 Å². The minimum atomic E-state index is -0.102. The molecule has 1 N–H and O–H groups in total. The molecule has 0 saturated heterocycles. The van der Waals surface area contributed by atoms with Gasteiger partial charge in [-0.3, -0.25) is 9.78 Å². The van der Waals surface area contributed by atoms with E-state index in [1.165, 1.54) is 11.1 Å². The van der Waals surface area contributed by atoms with Crippen molar-refractivity contribution >= 4 is 11.5 Å². The third kappa shape index (κ3) is 7.85. The lowest BCUT2D eigenvalue weighted by atomic mass is 9.97. The van der Waals surface area contributed by atoms with Gasteiger partial charge in [0.15, 0.2) is 0 Å². The van der Waals surface area contributed by atoms with Crippen LogP contribution in [0.2, 0.25) is 0 Å². The average Bonchev–Trinajstić information content (AvgIpc) is 2.88. The number of nitrogens with zero attached hydrogens (tertiary/aromatic N) is 1. The number of rotatable bonds is 11. The van der Waals surface area contributed by atoms with Crippen molar-refractivity contribution in [2.75, 3.05) is 14.2 Å². The summed E-state index contributed by atoms with van der Waals surface area (Å²) in [5.41, 5.74) is 5.58. The van der Waals surface area contributed by atoms with Gasteiger partial charge in [-0.15, -0.1) is 0 Å². The molecule has 35 heavy (non-hydrogen) atoms. The van der Waals surface area contributed by atoms with Gasteiger partial charge in [0, 0.05) is 24.5 Å². The van der Waals surface area contributed by atoms with Crippen LogP contribution >= 0.6 is 0 Å². The first kappa shape index (κ1) is 25.8. The van der Waals surface area contributed by atoms with Gasteiger partial charge in [0.05, 0.1) is 14.2 Å². The number of carbonyl (C=O) groups excluding carboxylic acids is 1. The molecule has 0 fully saturated rings. The zero-order valence-corrected chi connectivity index (χ0v) is 21.0. The van der Waals surface area contributed by atoms with Gasteiger partial charge in [0.1, 0.15) is 11.5 Å². The number of benzene rings is 2. The van der Waals surface area contributed by atoms with Crippen LogP contribution in [0.25, 0.3) is 5.57 Å². The molecule has 182 valence electrons. The van der Waals surface area contributed by atoms with Crippen LogP contribution < -0.4 is 14.8 Å². The number of pyridine rings is 1. The van der Waals surface area contributed by atoms with Crippen LogP contribution in [-0.2, 0) is 11.2 Å². The van der Waals surface area contributed by atoms with Gasteiger partial charge in [0.25, 0.3) is 0 Å². The van der Waals surface area contributed by atoms with Crippen molar-refractivity contribution < 1.29 is 14.3 Å². The Kier molecular flexibility index (Phi) is 9.67. The molecule has 0 unspecified atom stereocenters. The highest BCUT2D eigenvalue weighted by molar-refractivity contribution is 5.89. The van der Waals surface area contributed by atoms with Gasteiger partial charge in [-0.25, -0.2) is 0 Å². The molecule has 0 aliphatic carbocycles. The van der Waals surface area contributed by atoms with Crippen molar-refractivity contribution in [3.8, 4) is 11.5 Å². The van der Waals surface area contributed by atoms with E-state index < -0.39 is 0 Å². The monoisotopic (exact) mass is 470 g/mol. The Morgan fingerprint density at radius 2 is 1.57 bits per heavy atom. The van der Waals surface area contributed by atoms with Gasteiger partial charge in [0.2, 0.25) is 5.91 Å². The van der Waals surface area contributed by atoms with E-state index in [1.54, 1.807) is 26.4 Å². The van der Waals surface area contributed by atoms with Crippen LogP contribution in [0.4, 0.5) is 0 Å². The maximum absolute atomic E-state index is 12.5. The molecule has 5 heteroatoms. The van der Waals surface area contributed by atoms with E-state index in [2.05, 4.69) is 17.2 Å². The van der Waals surface area contributed by atoms with Crippen molar-refractivity contribution in [2.45, 2.75) is 39.2 Å². The van der Waals surface area contributed by atoms with Crippen LogP contribution in [0.1, 0.15) is 42.0 Å². The van der Waals surface area contributed by atoms with Crippen LogP contribution in [-0.4, -0.2) is 31.2 Å². The van der Waals surface area contributed by atoms with E-state index in [1.807, 2.05) is 80.0 Å². The minimum absolute atomic E-state index is 0.0933. The summed E-state index contributed by atoms with van der Waals surface area (Å²) in [5.74, 6) is 1.49. The second-order valence-corrected chi connectivity index (χ2v) is 8.50. The van der Waals surface area contributed by atoms with Crippen LogP contribution in [0.5, 0.6) is 11.5 Å². The fourth-order valence-electron chi connectivity index (χ4n) is 3.85. The largest absolute Gasteiger partial charge is 0.497 e. The summed E-state index contributed by atoms with van der Waals surface area (Å²) in [6.45, 7) is 4.14. The number of hydrogen-bond donors (Lipinski definition) is 1. The Morgan fingerprint density at radius 3 is 2.11 bits per heavy atom. The van der Waals surface area contributed by atoms with E-state index >= 15 is 0 Å². The highest BCUT2D eigenvalue weighted by Crippen LogP contribution is 2.27. The van der Waals surface area contributed by atoms with E-state index in [0.29, 0.717) is 0 Å². The van der Waals surface area contributed by atoms with Crippen molar-refractivity contribution in [1.29, 1.82) is 0 Å². The van der Waals surface area contributed by atoms with Gasteiger partial charge < -0.3 is 14.8 Å². The normalized spacial score (nSPS) is 11.7. The fourth-order valence-corrected chi connectivity index (χ4v) is 3.85. The molecule has 1 atom stereocenters. The standard InChI is InChI=1S/C30H34N2O3/c1-22-19-20-31-21-26(22)8-5-7-23(2)32-30(33)10-6-9-29(24-11-15-27(34-3)16-12-24)25-13-17-28(35-4)18-14-25/h6,9-21,23H,5,7-8H2,1-4H3,(H,32,33)/t23-/m1/s1. The zero-order chi connectivity index (χ0) is 25.0. The first-order valence-electron chi connectivity index (χ1n) is 11.9. The van der Waals surface area contributed by atoms with Crippen molar-refractivity contribution in [3.63, 3.8) is 0 Å². The number of allylic oxidation sites excluding steroid dienone is 2. The number of hydrogen-bond acceptors (Lipinski definition) is 4. The molecule has 0 bridgehead atoms. The summed E-state index contributed by atoms with van der Waals surface area (Å²) in [6, 6.07) is 17.9. The molecule has 0 saturated carbocycles. The van der Waals surface area contributed by atoms with E-state index in [0.717, 1.165) is 47.5 Å². The highest BCUT2D eigenvalue weighted by Gasteiger charge is 2.08. The predicted molar refractivity (Wildman–Crippen MR) is 142 cm³/mol. The lowest BCUT2D eigenvalue weighted by Gasteiger charge is -2.13. The minimum Gasteiger partial charge on any atom is -0.497 e. The first-order valence-corrected chi connectivity index (χ1v) is 11.9. The lowest BCUT2D eigenvalue weighted by molar-refractivity contribution is -0.117. The Morgan fingerprint density at radius 1 is 0.971 bits per heavy atom. The molecular weight excluding hydrogens is 436 g/mol. The van der Waals surface area contributed by atoms with Gasteiger partial charge in [-0.05, 0) is 91.3 Å². The summed E-state index contributed by atoms with van der Waals surface area (Å²) in [4.78, 5) is 16.7. The summed E-state index contributed by atoms with van der Waals surface area (Å²) in [5, 5.41) is 3.06. The maximum atomic E-state index is 12.5. The second-order valence-electron chi connectivity index (χ2n) is 8.50. The van der Waals surface area contributed by atoms with Gasteiger partial charge in [-0.2, -0.15) is 0 Å². The third-order valence-electron chi connectivity index (χ3n) is 5.93. The molecule has 3 aromatic rings. The number of ether oxygens (including phenoxy) is 2. The quantitative estimate of drug-likeness (QED) is 0.279. The summed E-state index contributed by atoms with van der Waals surface area (Å²) < 4.78 is 10.6. The third-order valence-corrected chi connectivity index (χ3v) is 5.93. The van der Waals surface area contributed by atoms with Crippen LogP contribution in [0, 0.1) is 6.92 Å². The summed E-state index contributed by atoms with van der Waals surface area (Å²) >= 11 is 0. The van der Waals surface area contributed by atoms with Crippen LogP contribution in [0.15, 0.2) is 85.2 Å². The molecule has 1 heterocycles. The number of nitrogens with one attached hydrogen (secondary N) is 1. The van der Waals surface area contributed by atoms with Gasteiger partial charge >= 0.3 is 0 Å². The lowest BCUT2D eigenvalue weighted by Crippen LogP contribution is -2.31. The number of carbonyl (C=O) groups is 1. The Bertz CT molecular complexity index is 1100. The predicted octanol–water partition coefficient (Wildman–Crippen LogP) is 5.92. The Balaban J connectivity index is 1.63. The molecule has 1 amide bonds. The molecule has 0 radical (unpaired) electrons. The number of methoxy groups -OCH3 is 2. The molecular formula is C30H34N2O3. The molecule has 0 aliphatic rings. The van der Waals surface area contributed by atoms with Crippen molar-refractivity contribution in [3.05, 3.63) is 107 Å². The molecule has 0 aliphatic heterocycles. The highest BCUT2D eigenvalue weighted by atomic mass is 16.5. The maximum Gasteiger partial charge on any atom is 0.244 e. The van der Waals surface area contributed by atoms with Crippen LogP contribution in [0.3, 0.4) is 0 Å². The smallest absolute Gasteiger partial charge is 0.244 e.